The van der Waals surface area contributed by atoms with Crippen molar-refractivity contribution in [1.29, 1.82) is 0 Å². The summed E-state index contributed by atoms with van der Waals surface area (Å²) in [6.07, 6.45) is 0.845. The standard InChI is InChI=1S/C15H16N2O3/c1-15(6-7-16-9-15)17-13(18)11-8-10-4-2-3-5-12(10)20-14(11)19/h2-5,8,16H,6-7,9H2,1H3,(H,17,18). The van der Waals surface area contributed by atoms with Crippen molar-refractivity contribution in [2.24, 2.45) is 0 Å². The Balaban J connectivity index is 1.95. The number of fused-ring (bicyclic) bond motifs is 1. The number of carbonyl (C=O) groups is 1. The first kappa shape index (κ1) is 12.9. The monoisotopic (exact) mass is 272 g/mol. The van der Waals surface area contributed by atoms with E-state index in [4.69, 9.17) is 4.42 Å². The predicted molar refractivity (Wildman–Crippen MR) is 75.8 cm³/mol. The molecule has 1 aromatic carbocycles. The van der Waals surface area contributed by atoms with Crippen LogP contribution in [0, 0.1) is 0 Å². The van der Waals surface area contributed by atoms with Crippen LogP contribution in [0.2, 0.25) is 0 Å². The molecule has 1 fully saturated rings. The molecular formula is C15H16N2O3. The normalized spacial score (nSPS) is 22.1. The average Bonchev–Trinajstić information content (AvgIpc) is 2.84. The Morgan fingerprint density at radius 3 is 2.95 bits per heavy atom. The van der Waals surface area contributed by atoms with Gasteiger partial charge in [0, 0.05) is 11.9 Å². The van der Waals surface area contributed by atoms with Crippen molar-refractivity contribution in [1.82, 2.24) is 10.6 Å². The zero-order chi connectivity index (χ0) is 14.2. The smallest absolute Gasteiger partial charge is 0.349 e. The maximum Gasteiger partial charge on any atom is 0.349 e. The lowest BCUT2D eigenvalue weighted by atomic mass is 10.0. The maximum absolute atomic E-state index is 12.3. The van der Waals surface area contributed by atoms with E-state index in [0.717, 1.165) is 18.4 Å². The maximum atomic E-state index is 12.3. The summed E-state index contributed by atoms with van der Waals surface area (Å²) in [5.74, 6) is -0.379. The van der Waals surface area contributed by atoms with E-state index in [9.17, 15) is 9.59 Å². The van der Waals surface area contributed by atoms with Crippen LogP contribution in [0.15, 0.2) is 39.5 Å². The van der Waals surface area contributed by atoms with Gasteiger partial charge in [-0.25, -0.2) is 4.79 Å². The van der Waals surface area contributed by atoms with Crippen LogP contribution in [0.4, 0.5) is 0 Å². The van der Waals surface area contributed by atoms with E-state index >= 15 is 0 Å². The number of para-hydroxylation sites is 1. The summed E-state index contributed by atoms with van der Waals surface area (Å²) >= 11 is 0. The summed E-state index contributed by atoms with van der Waals surface area (Å²) in [5, 5.41) is 6.86. The summed E-state index contributed by atoms with van der Waals surface area (Å²) in [6.45, 7) is 3.54. The van der Waals surface area contributed by atoms with E-state index in [2.05, 4.69) is 10.6 Å². The minimum atomic E-state index is -0.601. The number of hydrogen-bond acceptors (Lipinski definition) is 4. The van der Waals surface area contributed by atoms with Crippen molar-refractivity contribution in [3.05, 3.63) is 46.3 Å². The van der Waals surface area contributed by atoms with E-state index < -0.39 is 5.63 Å². The van der Waals surface area contributed by atoms with Crippen LogP contribution in [0.5, 0.6) is 0 Å². The van der Waals surface area contributed by atoms with Gasteiger partial charge in [-0.2, -0.15) is 0 Å². The Morgan fingerprint density at radius 2 is 2.20 bits per heavy atom. The van der Waals surface area contributed by atoms with E-state index in [-0.39, 0.29) is 17.0 Å². The number of amides is 1. The first-order valence-electron chi connectivity index (χ1n) is 6.64. The average molecular weight is 272 g/mol. The lowest BCUT2D eigenvalue weighted by molar-refractivity contribution is 0.0909. The summed E-state index contributed by atoms with van der Waals surface area (Å²) in [6, 6.07) is 8.74. The van der Waals surface area contributed by atoms with Gasteiger partial charge in [0.2, 0.25) is 0 Å². The van der Waals surface area contributed by atoms with Gasteiger partial charge in [-0.05, 0) is 32.0 Å². The first-order chi connectivity index (χ1) is 9.57. The number of benzene rings is 1. The second-order valence-corrected chi connectivity index (χ2v) is 5.43. The summed E-state index contributed by atoms with van der Waals surface area (Å²) in [7, 11) is 0. The van der Waals surface area contributed by atoms with Crippen LogP contribution in [0.25, 0.3) is 11.0 Å². The Labute approximate surface area is 116 Å². The third-order valence-corrected chi connectivity index (χ3v) is 3.67. The van der Waals surface area contributed by atoms with Gasteiger partial charge in [0.05, 0.1) is 5.54 Å². The molecule has 104 valence electrons. The van der Waals surface area contributed by atoms with Crippen LogP contribution in [0.1, 0.15) is 23.7 Å². The second kappa shape index (κ2) is 4.76. The van der Waals surface area contributed by atoms with Crippen molar-refractivity contribution < 1.29 is 9.21 Å². The van der Waals surface area contributed by atoms with Crippen LogP contribution >= 0.6 is 0 Å². The minimum absolute atomic E-state index is 0.0526. The van der Waals surface area contributed by atoms with Crippen LogP contribution in [0.3, 0.4) is 0 Å². The third-order valence-electron chi connectivity index (χ3n) is 3.67. The zero-order valence-corrected chi connectivity index (χ0v) is 11.2. The molecule has 1 aliphatic heterocycles. The van der Waals surface area contributed by atoms with Crippen molar-refractivity contribution in [3.8, 4) is 0 Å². The van der Waals surface area contributed by atoms with Gasteiger partial charge in [0.15, 0.2) is 0 Å². The van der Waals surface area contributed by atoms with Crippen LogP contribution in [-0.2, 0) is 0 Å². The highest BCUT2D eigenvalue weighted by Crippen LogP contribution is 2.16. The molecule has 0 spiro atoms. The molecule has 3 rings (SSSR count). The van der Waals surface area contributed by atoms with E-state index in [1.54, 1.807) is 18.2 Å². The summed E-state index contributed by atoms with van der Waals surface area (Å²) in [5.41, 5.74) is -0.370. The van der Waals surface area contributed by atoms with E-state index in [0.29, 0.717) is 12.1 Å². The van der Waals surface area contributed by atoms with Crippen molar-refractivity contribution >= 4 is 16.9 Å². The first-order valence-corrected chi connectivity index (χ1v) is 6.64. The molecule has 1 amide bonds. The van der Waals surface area contributed by atoms with Gasteiger partial charge in [0.1, 0.15) is 11.1 Å². The second-order valence-electron chi connectivity index (χ2n) is 5.43. The number of carbonyl (C=O) groups excluding carboxylic acids is 1. The molecule has 5 heteroatoms. The Bertz CT molecular complexity index is 714. The molecule has 1 atom stereocenters. The van der Waals surface area contributed by atoms with Crippen molar-refractivity contribution in [2.75, 3.05) is 13.1 Å². The molecule has 1 unspecified atom stereocenters. The SMILES string of the molecule is CC1(NC(=O)c2cc3ccccc3oc2=O)CCNC1. The summed E-state index contributed by atoms with van der Waals surface area (Å²) in [4.78, 5) is 24.2. The fraction of sp³-hybridized carbons (Fsp3) is 0.333. The van der Waals surface area contributed by atoms with Gasteiger partial charge >= 0.3 is 5.63 Å². The van der Waals surface area contributed by atoms with Gasteiger partial charge < -0.3 is 15.1 Å². The molecule has 2 heterocycles. The van der Waals surface area contributed by atoms with Gasteiger partial charge in [-0.15, -0.1) is 0 Å². The lowest BCUT2D eigenvalue weighted by Crippen LogP contribution is -2.48. The summed E-state index contributed by atoms with van der Waals surface area (Å²) < 4.78 is 5.18. The molecule has 0 aliphatic carbocycles. The number of hydrogen-bond donors (Lipinski definition) is 2. The fourth-order valence-electron chi connectivity index (χ4n) is 2.49. The third kappa shape index (κ3) is 2.32. The molecule has 2 N–H and O–H groups in total. The molecule has 1 saturated heterocycles. The molecule has 0 radical (unpaired) electrons. The molecular weight excluding hydrogens is 256 g/mol. The Kier molecular flexibility index (Phi) is 3.06. The highest BCUT2D eigenvalue weighted by Gasteiger charge is 2.31. The molecule has 0 bridgehead atoms. The lowest BCUT2D eigenvalue weighted by Gasteiger charge is -2.24. The van der Waals surface area contributed by atoms with Gasteiger partial charge in [0.25, 0.3) is 5.91 Å². The van der Waals surface area contributed by atoms with E-state index in [1.165, 1.54) is 0 Å². The molecule has 2 aromatic rings. The highest BCUT2D eigenvalue weighted by molar-refractivity contribution is 5.97. The number of rotatable bonds is 2. The highest BCUT2D eigenvalue weighted by atomic mass is 16.4. The van der Waals surface area contributed by atoms with Crippen molar-refractivity contribution in [2.45, 2.75) is 18.9 Å². The van der Waals surface area contributed by atoms with Crippen LogP contribution < -0.4 is 16.3 Å². The topological polar surface area (TPSA) is 71.3 Å². The van der Waals surface area contributed by atoms with Gasteiger partial charge in [-0.3, -0.25) is 4.79 Å². The largest absolute Gasteiger partial charge is 0.422 e. The zero-order valence-electron chi connectivity index (χ0n) is 11.2. The Morgan fingerprint density at radius 1 is 1.40 bits per heavy atom. The van der Waals surface area contributed by atoms with Crippen molar-refractivity contribution in [3.63, 3.8) is 0 Å². The fourth-order valence-corrected chi connectivity index (χ4v) is 2.49. The minimum Gasteiger partial charge on any atom is -0.422 e. The Hall–Kier alpha value is -2.14. The molecule has 1 aromatic heterocycles. The number of nitrogens with one attached hydrogen (secondary N) is 2. The molecule has 0 saturated carbocycles. The molecule has 1 aliphatic rings. The molecule has 5 nitrogen and oxygen atoms in total. The van der Waals surface area contributed by atoms with Crippen LogP contribution in [-0.4, -0.2) is 24.5 Å². The quantitative estimate of drug-likeness (QED) is 0.808. The van der Waals surface area contributed by atoms with Gasteiger partial charge in [-0.1, -0.05) is 18.2 Å². The predicted octanol–water partition coefficient (Wildman–Crippen LogP) is 1.27. The van der Waals surface area contributed by atoms with E-state index in [1.807, 2.05) is 19.1 Å². The molecule has 20 heavy (non-hydrogen) atoms.